The highest BCUT2D eigenvalue weighted by atomic mass is 35.5. The Balaban J connectivity index is 2.32. The van der Waals surface area contributed by atoms with Gasteiger partial charge in [-0.3, -0.25) is 0 Å². The summed E-state index contributed by atoms with van der Waals surface area (Å²) in [4.78, 5) is -2.64. The maximum Gasteiger partial charge on any atom is 0.167 e. The molecule has 0 heterocycles. The number of aliphatic hydroxyl groups is 1. The molecule has 1 saturated carbocycles. The van der Waals surface area contributed by atoms with Crippen molar-refractivity contribution < 1.29 is 5.11 Å². The van der Waals surface area contributed by atoms with Crippen LogP contribution in [0, 0.1) is 11.8 Å². The van der Waals surface area contributed by atoms with Gasteiger partial charge in [0, 0.05) is 11.8 Å². The molecule has 3 aliphatic rings. The van der Waals surface area contributed by atoms with E-state index in [4.69, 9.17) is 69.6 Å². The second-order valence-corrected chi connectivity index (χ2v) is 7.83. The molecule has 0 aromatic carbocycles. The summed E-state index contributed by atoms with van der Waals surface area (Å²) < 4.78 is -1.56. The van der Waals surface area contributed by atoms with Gasteiger partial charge in [0.15, 0.2) is 4.33 Å². The first-order valence-electron chi connectivity index (χ1n) is 4.89. The van der Waals surface area contributed by atoms with Gasteiger partial charge >= 0.3 is 0 Å². The third-order valence-corrected chi connectivity index (χ3v) is 8.23. The molecule has 0 aliphatic heterocycles. The smallest absolute Gasteiger partial charge is 0.167 e. The summed E-state index contributed by atoms with van der Waals surface area (Å²) in [6.07, 6.45) is 2.58. The van der Waals surface area contributed by atoms with E-state index in [1.54, 1.807) is 12.2 Å². The van der Waals surface area contributed by atoms with Gasteiger partial charge in [-0.25, -0.2) is 0 Å². The van der Waals surface area contributed by atoms with Crippen molar-refractivity contribution in [3.63, 3.8) is 0 Å². The molecule has 17 heavy (non-hydrogen) atoms. The normalized spacial score (nSPS) is 54.6. The summed E-state index contributed by atoms with van der Waals surface area (Å²) in [6.45, 7) is 0. The van der Waals surface area contributed by atoms with Crippen molar-refractivity contribution in [2.24, 2.45) is 11.8 Å². The zero-order valence-corrected chi connectivity index (χ0v) is 12.6. The monoisotopic (exact) mass is 352 g/mol. The van der Waals surface area contributed by atoms with Crippen LogP contribution in [0.15, 0.2) is 22.2 Å². The molecule has 3 rings (SSSR count). The van der Waals surface area contributed by atoms with Crippen LogP contribution in [0.3, 0.4) is 0 Å². The van der Waals surface area contributed by atoms with Gasteiger partial charge in [0.1, 0.15) is 9.75 Å². The molecule has 1 fully saturated rings. The van der Waals surface area contributed by atoms with Crippen LogP contribution < -0.4 is 0 Å². The molecular weight excluding hydrogens is 349 g/mol. The summed E-state index contributed by atoms with van der Waals surface area (Å²) in [5.41, 5.74) is 0. The third-order valence-electron chi connectivity index (χ3n) is 3.93. The number of fused-ring (bicyclic) bond motifs is 5. The lowest BCUT2D eigenvalue weighted by molar-refractivity contribution is 0.138. The number of rotatable bonds is 0. The highest BCUT2D eigenvalue weighted by Crippen LogP contribution is 2.77. The van der Waals surface area contributed by atoms with E-state index in [0.717, 1.165) is 0 Å². The first-order valence-corrected chi connectivity index (χ1v) is 7.15. The fourth-order valence-electron chi connectivity index (χ4n) is 3.12. The SMILES string of the molecule is O[C@H]1C=C[C@@H]2[C@H]1[C@@]1(Cl)C(Cl)=C(Cl)[C@]2(Cl)C1(Cl)Cl. The molecule has 7 heteroatoms. The molecule has 3 aliphatic carbocycles. The van der Waals surface area contributed by atoms with E-state index >= 15 is 0 Å². The lowest BCUT2D eigenvalue weighted by Gasteiger charge is -2.34. The van der Waals surface area contributed by atoms with E-state index in [1.165, 1.54) is 0 Å². The van der Waals surface area contributed by atoms with E-state index in [1.807, 2.05) is 0 Å². The molecule has 0 saturated heterocycles. The standard InChI is InChI=1S/C10H6Cl6O/c11-6-7(12)9(14)5-3(1-2-4(5)17)8(6,13)10(9,15)16/h1-5,17H/t3-,4+,5-,8+,9-/m1/s1. The average molecular weight is 355 g/mol. The Morgan fingerprint density at radius 1 is 0.941 bits per heavy atom. The Hall–Kier alpha value is 1.18. The van der Waals surface area contributed by atoms with Gasteiger partial charge in [0.05, 0.1) is 16.2 Å². The second kappa shape index (κ2) is 3.44. The summed E-state index contributed by atoms with van der Waals surface area (Å²) in [5.74, 6) is -0.798. The molecular formula is C10H6Cl6O. The minimum absolute atomic E-state index is 0.129. The number of halogens is 6. The largest absolute Gasteiger partial charge is 0.389 e. The minimum atomic E-state index is -1.56. The molecule has 0 aromatic rings. The van der Waals surface area contributed by atoms with Gasteiger partial charge < -0.3 is 5.11 Å². The van der Waals surface area contributed by atoms with Gasteiger partial charge in [-0.15, -0.1) is 23.2 Å². The maximum absolute atomic E-state index is 9.97. The molecule has 0 aromatic heterocycles. The van der Waals surface area contributed by atoms with E-state index < -0.39 is 26.1 Å². The van der Waals surface area contributed by atoms with Crippen LogP contribution >= 0.6 is 69.6 Å². The van der Waals surface area contributed by atoms with Crippen molar-refractivity contribution in [1.29, 1.82) is 0 Å². The van der Waals surface area contributed by atoms with E-state index in [0.29, 0.717) is 0 Å². The van der Waals surface area contributed by atoms with Crippen LogP contribution in [-0.2, 0) is 0 Å². The Morgan fingerprint density at radius 2 is 1.47 bits per heavy atom. The number of hydrogen-bond acceptors (Lipinski definition) is 1. The van der Waals surface area contributed by atoms with Gasteiger partial charge in [-0.1, -0.05) is 58.6 Å². The molecule has 0 amide bonds. The Labute approximate surface area is 128 Å². The van der Waals surface area contributed by atoms with Crippen molar-refractivity contribution in [2.45, 2.75) is 20.2 Å². The molecule has 2 bridgehead atoms. The molecule has 94 valence electrons. The zero-order valence-electron chi connectivity index (χ0n) is 8.10. The number of aliphatic hydroxyl groups excluding tert-OH is 1. The molecule has 0 radical (unpaired) electrons. The van der Waals surface area contributed by atoms with Crippen molar-refractivity contribution in [3.05, 3.63) is 22.2 Å². The Morgan fingerprint density at radius 3 is 2.06 bits per heavy atom. The zero-order chi connectivity index (χ0) is 12.8. The summed E-state index contributed by atoms with van der Waals surface area (Å²) in [7, 11) is 0. The van der Waals surface area contributed by atoms with E-state index in [2.05, 4.69) is 0 Å². The Kier molecular flexibility index (Phi) is 2.66. The number of alkyl halides is 4. The fraction of sp³-hybridized carbons (Fsp3) is 0.600. The van der Waals surface area contributed by atoms with E-state index in [-0.39, 0.29) is 16.0 Å². The summed E-state index contributed by atoms with van der Waals surface area (Å²) in [6, 6.07) is 0. The number of allylic oxidation sites excluding steroid dienone is 3. The van der Waals surface area contributed by atoms with Crippen molar-refractivity contribution in [3.8, 4) is 0 Å². The molecule has 1 nitrogen and oxygen atoms in total. The van der Waals surface area contributed by atoms with Crippen LogP contribution in [0.1, 0.15) is 0 Å². The molecule has 0 spiro atoms. The minimum Gasteiger partial charge on any atom is -0.389 e. The Bertz CT molecular complexity index is 471. The van der Waals surface area contributed by atoms with Crippen LogP contribution in [0.2, 0.25) is 0 Å². The first-order chi connectivity index (χ1) is 7.70. The predicted molar refractivity (Wildman–Crippen MR) is 72.5 cm³/mol. The summed E-state index contributed by atoms with van der Waals surface area (Å²) in [5, 5.41) is 10.3. The van der Waals surface area contributed by atoms with Crippen LogP contribution in [0.5, 0.6) is 0 Å². The molecule has 0 unspecified atom stereocenters. The highest BCUT2D eigenvalue weighted by Gasteiger charge is 2.83. The average Bonchev–Trinajstić information content (AvgIpc) is 2.73. The topological polar surface area (TPSA) is 20.2 Å². The van der Waals surface area contributed by atoms with Crippen molar-refractivity contribution >= 4 is 69.6 Å². The quantitative estimate of drug-likeness (QED) is 0.515. The lowest BCUT2D eigenvalue weighted by atomic mass is 9.83. The predicted octanol–water partition coefficient (Wildman–Crippen LogP) is 4.00. The first kappa shape index (κ1) is 13.2. The van der Waals surface area contributed by atoms with E-state index in [9.17, 15) is 5.11 Å². The van der Waals surface area contributed by atoms with Crippen molar-refractivity contribution in [2.75, 3.05) is 0 Å². The summed E-state index contributed by atoms with van der Waals surface area (Å²) >= 11 is 37.9. The van der Waals surface area contributed by atoms with Crippen LogP contribution in [-0.4, -0.2) is 25.3 Å². The van der Waals surface area contributed by atoms with Gasteiger partial charge in [-0.05, 0) is 0 Å². The third kappa shape index (κ3) is 1.09. The van der Waals surface area contributed by atoms with Crippen LogP contribution in [0.25, 0.3) is 0 Å². The maximum atomic E-state index is 9.97. The van der Waals surface area contributed by atoms with Gasteiger partial charge in [0.25, 0.3) is 0 Å². The van der Waals surface area contributed by atoms with Gasteiger partial charge in [-0.2, -0.15) is 0 Å². The number of hydrogen-bond donors (Lipinski definition) is 1. The second-order valence-electron chi connectivity index (χ2n) is 4.55. The molecule has 1 N–H and O–H groups in total. The van der Waals surface area contributed by atoms with Crippen LogP contribution in [0.4, 0.5) is 0 Å². The van der Waals surface area contributed by atoms with Crippen molar-refractivity contribution in [1.82, 2.24) is 0 Å². The van der Waals surface area contributed by atoms with Gasteiger partial charge in [0.2, 0.25) is 0 Å². The fourth-order valence-corrected chi connectivity index (χ4v) is 6.13. The highest BCUT2D eigenvalue weighted by molar-refractivity contribution is 6.65. The lowest BCUT2D eigenvalue weighted by Crippen LogP contribution is -2.46. The molecule has 5 atom stereocenters.